The first-order chi connectivity index (χ1) is 12.4. The van der Waals surface area contributed by atoms with Crippen molar-refractivity contribution in [3.8, 4) is 17.1 Å². The Morgan fingerprint density at radius 1 is 1.23 bits per heavy atom. The first-order valence-corrected chi connectivity index (χ1v) is 7.94. The SMILES string of the molecule is Cc1cc(-c2nc3ccc([N+](=O)[O-])cc3c(=O)[nH]2)cc(C)c1OCCO. The number of aromatic amines is 1. The van der Waals surface area contributed by atoms with Gasteiger partial charge in [0.05, 0.1) is 22.4 Å². The van der Waals surface area contributed by atoms with E-state index in [0.717, 1.165) is 11.1 Å². The summed E-state index contributed by atoms with van der Waals surface area (Å²) >= 11 is 0. The van der Waals surface area contributed by atoms with Gasteiger partial charge in [-0.2, -0.15) is 0 Å². The second-order valence-corrected chi connectivity index (χ2v) is 5.88. The normalized spacial score (nSPS) is 10.9. The van der Waals surface area contributed by atoms with E-state index in [1.807, 2.05) is 26.0 Å². The van der Waals surface area contributed by atoms with Crippen molar-refractivity contribution in [2.24, 2.45) is 0 Å². The Morgan fingerprint density at radius 3 is 2.54 bits per heavy atom. The second kappa shape index (κ2) is 6.93. The molecule has 8 nitrogen and oxygen atoms in total. The lowest BCUT2D eigenvalue weighted by atomic mass is 10.0. The number of hydrogen-bond acceptors (Lipinski definition) is 6. The molecule has 134 valence electrons. The zero-order valence-electron chi connectivity index (χ0n) is 14.3. The molecule has 0 bridgehead atoms. The van der Waals surface area contributed by atoms with E-state index in [1.165, 1.54) is 18.2 Å². The Morgan fingerprint density at radius 2 is 1.92 bits per heavy atom. The van der Waals surface area contributed by atoms with E-state index in [9.17, 15) is 14.9 Å². The number of aliphatic hydroxyl groups is 1. The van der Waals surface area contributed by atoms with E-state index in [1.54, 1.807) is 0 Å². The second-order valence-electron chi connectivity index (χ2n) is 5.88. The van der Waals surface area contributed by atoms with Crippen LogP contribution in [0.2, 0.25) is 0 Å². The fourth-order valence-corrected chi connectivity index (χ4v) is 2.84. The van der Waals surface area contributed by atoms with Crippen molar-refractivity contribution >= 4 is 16.6 Å². The van der Waals surface area contributed by atoms with Gasteiger partial charge < -0.3 is 14.8 Å². The Balaban J connectivity index is 2.10. The van der Waals surface area contributed by atoms with Gasteiger partial charge in [-0.3, -0.25) is 14.9 Å². The minimum absolute atomic E-state index is 0.0771. The van der Waals surface area contributed by atoms with Crippen molar-refractivity contribution in [3.05, 3.63) is 61.9 Å². The van der Waals surface area contributed by atoms with Crippen LogP contribution in [-0.2, 0) is 0 Å². The molecule has 0 atom stereocenters. The third kappa shape index (κ3) is 3.27. The molecule has 1 aromatic heterocycles. The zero-order valence-corrected chi connectivity index (χ0v) is 14.3. The van der Waals surface area contributed by atoms with Crippen LogP contribution in [-0.4, -0.2) is 33.2 Å². The lowest BCUT2D eigenvalue weighted by molar-refractivity contribution is -0.384. The maximum atomic E-state index is 12.4. The number of aromatic nitrogens is 2. The molecule has 2 aromatic carbocycles. The molecular formula is C18H17N3O5. The van der Waals surface area contributed by atoms with E-state index < -0.39 is 10.5 Å². The van der Waals surface area contributed by atoms with Gasteiger partial charge in [0.25, 0.3) is 11.2 Å². The molecule has 26 heavy (non-hydrogen) atoms. The van der Waals surface area contributed by atoms with Crippen LogP contribution in [0.1, 0.15) is 11.1 Å². The van der Waals surface area contributed by atoms with Gasteiger partial charge in [-0.1, -0.05) is 0 Å². The van der Waals surface area contributed by atoms with Gasteiger partial charge >= 0.3 is 0 Å². The molecular weight excluding hydrogens is 338 g/mol. The number of nitro groups is 1. The first kappa shape index (κ1) is 17.6. The van der Waals surface area contributed by atoms with E-state index >= 15 is 0 Å². The zero-order chi connectivity index (χ0) is 18.8. The highest BCUT2D eigenvalue weighted by Crippen LogP contribution is 2.29. The van der Waals surface area contributed by atoms with Crippen LogP contribution in [0.4, 0.5) is 5.69 Å². The fraction of sp³-hybridized carbons (Fsp3) is 0.222. The number of aryl methyl sites for hydroxylation is 2. The van der Waals surface area contributed by atoms with Gasteiger partial charge in [0.15, 0.2) is 0 Å². The van der Waals surface area contributed by atoms with Gasteiger partial charge in [-0.05, 0) is 43.2 Å². The number of ether oxygens (including phenoxy) is 1. The summed E-state index contributed by atoms with van der Waals surface area (Å²) in [5.41, 5.74) is 2.18. The number of H-pyrrole nitrogens is 1. The number of nitrogens with zero attached hydrogens (tertiary/aromatic N) is 2. The van der Waals surface area contributed by atoms with Crippen LogP contribution in [0.5, 0.6) is 5.75 Å². The predicted octanol–water partition coefficient (Wildman–Crippen LogP) is 2.49. The summed E-state index contributed by atoms with van der Waals surface area (Å²) in [6.45, 7) is 3.86. The van der Waals surface area contributed by atoms with Gasteiger partial charge in [0.1, 0.15) is 18.2 Å². The van der Waals surface area contributed by atoms with Crippen molar-refractivity contribution in [3.63, 3.8) is 0 Å². The van der Waals surface area contributed by atoms with Crippen molar-refractivity contribution in [2.75, 3.05) is 13.2 Å². The van der Waals surface area contributed by atoms with E-state index in [2.05, 4.69) is 9.97 Å². The predicted molar refractivity (Wildman–Crippen MR) is 96.5 cm³/mol. The Labute approximate surface area is 148 Å². The summed E-state index contributed by atoms with van der Waals surface area (Å²) in [5.74, 6) is 1.05. The van der Waals surface area contributed by atoms with Gasteiger partial charge in [-0.25, -0.2) is 4.98 Å². The molecule has 3 rings (SSSR count). The smallest absolute Gasteiger partial charge is 0.270 e. The minimum Gasteiger partial charge on any atom is -0.491 e. The monoisotopic (exact) mass is 355 g/mol. The van der Waals surface area contributed by atoms with Crippen molar-refractivity contribution in [2.45, 2.75) is 13.8 Å². The summed E-state index contributed by atoms with van der Waals surface area (Å²) in [5, 5.41) is 19.9. The number of nitrogens with one attached hydrogen (secondary N) is 1. The molecule has 8 heteroatoms. The standard InChI is InChI=1S/C18H17N3O5/c1-10-7-12(8-11(2)16(10)26-6-5-22)17-19-15-4-3-13(21(24)25)9-14(15)18(23)20-17/h3-4,7-9,22H,5-6H2,1-2H3,(H,19,20,23). The summed E-state index contributed by atoms with van der Waals surface area (Å²) in [4.78, 5) is 29.8. The summed E-state index contributed by atoms with van der Waals surface area (Å²) < 4.78 is 5.53. The molecule has 1 heterocycles. The highest BCUT2D eigenvalue weighted by atomic mass is 16.6. The fourth-order valence-electron chi connectivity index (χ4n) is 2.84. The number of nitro benzene ring substituents is 1. The number of aliphatic hydroxyl groups excluding tert-OH is 1. The maximum absolute atomic E-state index is 12.4. The summed E-state index contributed by atoms with van der Waals surface area (Å²) in [6.07, 6.45) is 0. The van der Waals surface area contributed by atoms with Gasteiger partial charge in [0, 0.05) is 17.7 Å². The first-order valence-electron chi connectivity index (χ1n) is 7.94. The molecule has 0 aliphatic heterocycles. The third-order valence-corrected chi connectivity index (χ3v) is 3.97. The van der Waals surface area contributed by atoms with Crippen LogP contribution in [0.15, 0.2) is 35.1 Å². The number of rotatable bonds is 5. The molecule has 0 aliphatic carbocycles. The van der Waals surface area contributed by atoms with E-state index in [4.69, 9.17) is 9.84 Å². The Hall–Kier alpha value is -3.26. The van der Waals surface area contributed by atoms with Crippen molar-refractivity contribution in [1.82, 2.24) is 9.97 Å². The van der Waals surface area contributed by atoms with Crippen LogP contribution in [0, 0.1) is 24.0 Å². The molecule has 0 aliphatic rings. The van der Waals surface area contributed by atoms with E-state index in [-0.39, 0.29) is 24.3 Å². The molecule has 3 aromatic rings. The van der Waals surface area contributed by atoms with Crippen LogP contribution < -0.4 is 10.3 Å². The number of fused-ring (bicyclic) bond motifs is 1. The average molecular weight is 355 g/mol. The van der Waals surface area contributed by atoms with Crippen molar-refractivity contribution < 1.29 is 14.8 Å². The quantitative estimate of drug-likeness (QED) is 0.536. The Kier molecular flexibility index (Phi) is 4.68. The van der Waals surface area contributed by atoms with Crippen molar-refractivity contribution in [1.29, 1.82) is 0 Å². The molecule has 0 spiro atoms. The molecule has 0 unspecified atom stereocenters. The van der Waals surface area contributed by atoms with Gasteiger partial charge in [-0.15, -0.1) is 0 Å². The summed E-state index contributed by atoms with van der Waals surface area (Å²) in [6, 6.07) is 7.66. The lowest BCUT2D eigenvalue weighted by Gasteiger charge is -2.13. The highest BCUT2D eigenvalue weighted by molar-refractivity contribution is 5.82. The third-order valence-electron chi connectivity index (χ3n) is 3.97. The average Bonchev–Trinajstić information content (AvgIpc) is 2.60. The van der Waals surface area contributed by atoms with Gasteiger partial charge in [0.2, 0.25) is 0 Å². The number of hydrogen-bond donors (Lipinski definition) is 2. The molecule has 0 saturated heterocycles. The maximum Gasteiger partial charge on any atom is 0.270 e. The number of non-ortho nitro benzene ring substituents is 1. The molecule has 0 fully saturated rings. The number of benzene rings is 2. The molecule has 0 saturated carbocycles. The van der Waals surface area contributed by atoms with Crippen LogP contribution in [0.25, 0.3) is 22.3 Å². The molecule has 2 N–H and O–H groups in total. The molecule has 0 radical (unpaired) electrons. The topological polar surface area (TPSA) is 118 Å². The highest BCUT2D eigenvalue weighted by Gasteiger charge is 2.13. The van der Waals surface area contributed by atoms with Crippen LogP contribution >= 0.6 is 0 Å². The molecule has 0 amide bonds. The van der Waals surface area contributed by atoms with Crippen LogP contribution in [0.3, 0.4) is 0 Å². The van der Waals surface area contributed by atoms with E-state index in [0.29, 0.717) is 22.7 Å². The summed E-state index contributed by atoms with van der Waals surface area (Å²) in [7, 11) is 0. The largest absolute Gasteiger partial charge is 0.491 e. The minimum atomic E-state index is -0.551. The lowest BCUT2D eigenvalue weighted by Crippen LogP contribution is -2.10. The Bertz CT molecular complexity index is 1040.